The van der Waals surface area contributed by atoms with Crippen molar-refractivity contribution in [3.05, 3.63) is 24.0 Å². The molecule has 20 heavy (non-hydrogen) atoms. The van der Waals surface area contributed by atoms with Crippen molar-refractivity contribution < 1.29 is 8.42 Å². The summed E-state index contributed by atoms with van der Waals surface area (Å²) in [6.07, 6.45) is 3.93. The molecule has 1 aromatic rings. The number of aromatic nitrogens is 1. The van der Waals surface area contributed by atoms with Gasteiger partial charge >= 0.3 is 0 Å². The van der Waals surface area contributed by atoms with E-state index in [9.17, 15) is 8.42 Å². The number of hydrogen-bond acceptors (Lipinski definition) is 5. The Kier molecular flexibility index (Phi) is 3.76. The van der Waals surface area contributed by atoms with Gasteiger partial charge in [-0.3, -0.25) is 9.88 Å². The number of hydrogen-bond donors (Lipinski definition) is 1. The van der Waals surface area contributed by atoms with Crippen LogP contribution in [0.15, 0.2) is 23.2 Å². The summed E-state index contributed by atoms with van der Waals surface area (Å²) in [4.78, 5) is 6.72. The first-order valence-electron chi connectivity index (χ1n) is 7.00. The second-order valence-electron chi connectivity index (χ2n) is 5.36. The Morgan fingerprint density at radius 2 is 1.90 bits per heavy atom. The summed E-state index contributed by atoms with van der Waals surface area (Å²) in [5.74, 6) is 0. The molecule has 1 aliphatic carbocycles. The molecule has 1 saturated carbocycles. The molecule has 7 heteroatoms. The molecule has 0 unspecified atom stereocenters. The highest BCUT2D eigenvalue weighted by Crippen LogP contribution is 2.28. The van der Waals surface area contributed by atoms with Crippen LogP contribution in [0.1, 0.15) is 18.5 Å². The van der Waals surface area contributed by atoms with Gasteiger partial charge < -0.3 is 5.73 Å². The summed E-state index contributed by atoms with van der Waals surface area (Å²) in [7, 11) is -3.41. The minimum Gasteiger partial charge on any atom is -0.325 e. The van der Waals surface area contributed by atoms with E-state index in [0.29, 0.717) is 31.4 Å². The Morgan fingerprint density at radius 3 is 2.40 bits per heavy atom. The molecular formula is C13H20N4O2S. The molecule has 2 heterocycles. The summed E-state index contributed by atoms with van der Waals surface area (Å²) in [5, 5.41) is 0. The average Bonchev–Trinajstić information content (AvgIpc) is 3.32. The topological polar surface area (TPSA) is 79.5 Å². The van der Waals surface area contributed by atoms with Gasteiger partial charge in [-0.05, 0) is 25.0 Å². The molecule has 6 nitrogen and oxygen atoms in total. The van der Waals surface area contributed by atoms with Crippen molar-refractivity contribution in [2.24, 2.45) is 5.73 Å². The van der Waals surface area contributed by atoms with Crippen LogP contribution < -0.4 is 5.73 Å². The van der Waals surface area contributed by atoms with Crippen LogP contribution in [0.4, 0.5) is 0 Å². The van der Waals surface area contributed by atoms with E-state index in [-0.39, 0.29) is 4.90 Å². The van der Waals surface area contributed by atoms with E-state index in [0.717, 1.165) is 13.1 Å². The van der Waals surface area contributed by atoms with E-state index in [1.165, 1.54) is 19.0 Å². The van der Waals surface area contributed by atoms with Crippen LogP contribution in [-0.2, 0) is 16.6 Å². The van der Waals surface area contributed by atoms with Gasteiger partial charge in [0.05, 0.1) is 5.69 Å². The smallest absolute Gasteiger partial charge is 0.244 e. The molecule has 1 aliphatic heterocycles. The predicted octanol–water partition coefficient (Wildman–Crippen LogP) is 0.00900. The van der Waals surface area contributed by atoms with Gasteiger partial charge in [0.15, 0.2) is 0 Å². The standard InChI is InChI=1S/C13H20N4O2S/c14-9-11-1-4-13(10-15-11)20(18,19)17-7-5-16(6-8-17)12-2-3-12/h1,4,10,12H,2-3,5-9,14H2. The number of piperazine rings is 1. The minimum atomic E-state index is -3.41. The third-order valence-corrected chi connectivity index (χ3v) is 5.86. The maximum absolute atomic E-state index is 12.5. The molecule has 2 aliphatic rings. The molecule has 0 atom stereocenters. The van der Waals surface area contributed by atoms with Crippen molar-refractivity contribution in [1.82, 2.24) is 14.2 Å². The zero-order valence-electron chi connectivity index (χ0n) is 11.4. The normalized spacial score (nSPS) is 22.1. The first-order valence-corrected chi connectivity index (χ1v) is 8.44. The zero-order chi connectivity index (χ0) is 14.2. The Morgan fingerprint density at radius 1 is 1.20 bits per heavy atom. The third-order valence-electron chi connectivity index (χ3n) is 3.98. The highest BCUT2D eigenvalue weighted by atomic mass is 32.2. The fourth-order valence-corrected chi connectivity index (χ4v) is 3.95. The van der Waals surface area contributed by atoms with Crippen molar-refractivity contribution in [2.45, 2.75) is 30.3 Å². The van der Waals surface area contributed by atoms with Gasteiger partial charge in [-0.15, -0.1) is 0 Å². The lowest BCUT2D eigenvalue weighted by Crippen LogP contribution is -2.49. The third kappa shape index (κ3) is 2.71. The fourth-order valence-electron chi connectivity index (χ4n) is 2.58. The molecule has 110 valence electrons. The van der Waals surface area contributed by atoms with E-state index < -0.39 is 10.0 Å². The quantitative estimate of drug-likeness (QED) is 0.846. The summed E-state index contributed by atoms with van der Waals surface area (Å²) in [6, 6.07) is 3.97. The molecule has 0 amide bonds. The second kappa shape index (κ2) is 5.40. The largest absolute Gasteiger partial charge is 0.325 e. The van der Waals surface area contributed by atoms with Crippen molar-refractivity contribution >= 4 is 10.0 Å². The van der Waals surface area contributed by atoms with E-state index in [1.807, 2.05) is 0 Å². The molecule has 0 radical (unpaired) electrons. The molecule has 0 aromatic carbocycles. The molecule has 0 bridgehead atoms. The van der Waals surface area contributed by atoms with Gasteiger partial charge in [-0.1, -0.05) is 0 Å². The van der Waals surface area contributed by atoms with Gasteiger partial charge in [0.25, 0.3) is 0 Å². The number of nitrogens with two attached hydrogens (primary N) is 1. The Balaban J connectivity index is 1.71. The second-order valence-corrected chi connectivity index (χ2v) is 7.30. The highest BCUT2D eigenvalue weighted by Gasteiger charge is 2.34. The monoisotopic (exact) mass is 296 g/mol. The molecule has 2 fully saturated rings. The van der Waals surface area contributed by atoms with Crippen molar-refractivity contribution in [2.75, 3.05) is 26.2 Å². The number of pyridine rings is 1. The summed E-state index contributed by atoms with van der Waals surface area (Å²) >= 11 is 0. The maximum atomic E-state index is 12.5. The van der Waals surface area contributed by atoms with Crippen LogP contribution >= 0.6 is 0 Å². The molecule has 1 saturated heterocycles. The first kappa shape index (κ1) is 13.9. The first-order chi connectivity index (χ1) is 9.61. The van der Waals surface area contributed by atoms with Crippen molar-refractivity contribution in [3.63, 3.8) is 0 Å². The van der Waals surface area contributed by atoms with Gasteiger partial charge in [-0.2, -0.15) is 4.31 Å². The van der Waals surface area contributed by atoms with Gasteiger partial charge in [0, 0.05) is 45.0 Å². The highest BCUT2D eigenvalue weighted by molar-refractivity contribution is 7.89. The Labute approximate surface area is 119 Å². The molecule has 1 aromatic heterocycles. The summed E-state index contributed by atoms with van der Waals surface area (Å²) in [6.45, 7) is 3.12. The van der Waals surface area contributed by atoms with Crippen LogP contribution in [0.2, 0.25) is 0 Å². The van der Waals surface area contributed by atoms with E-state index in [1.54, 1.807) is 16.4 Å². The van der Waals surface area contributed by atoms with Crippen LogP contribution in [0.3, 0.4) is 0 Å². The molecular weight excluding hydrogens is 276 g/mol. The summed E-state index contributed by atoms with van der Waals surface area (Å²) < 4.78 is 26.6. The lowest BCUT2D eigenvalue weighted by atomic mass is 10.3. The Bertz CT molecular complexity index is 561. The lowest BCUT2D eigenvalue weighted by molar-refractivity contribution is 0.180. The van der Waals surface area contributed by atoms with Gasteiger partial charge in [0.2, 0.25) is 10.0 Å². The van der Waals surface area contributed by atoms with E-state index >= 15 is 0 Å². The summed E-state index contributed by atoms with van der Waals surface area (Å²) in [5.41, 5.74) is 6.17. The van der Waals surface area contributed by atoms with E-state index in [4.69, 9.17) is 5.73 Å². The number of sulfonamides is 1. The Hall–Kier alpha value is -1.02. The predicted molar refractivity (Wildman–Crippen MR) is 75.5 cm³/mol. The van der Waals surface area contributed by atoms with Gasteiger partial charge in [0.1, 0.15) is 4.90 Å². The van der Waals surface area contributed by atoms with Crippen LogP contribution in [-0.4, -0.2) is 54.8 Å². The fraction of sp³-hybridized carbons (Fsp3) is 0.615. The minimum absolute atomic E-state index is 0.259. The zero-order valence-corrected chi connectivity index (χ0v) is 12.2. The van der Waals surface area contributed by atoms with Crippen LogP contribution in [0, 0.1) is 0 Å². The lowest BCUT2D eigenvalue weighted by Gasteiger charge is -2.33. The van der Waals surface area contributed by atoms with Gasteiger partial charge in [-0.25, -0.2) is 8.42 Å². The van der Waals surface area contributed by atoms with Crippen molar-refractivity contribution in [1.29, 1.82) is 0 Å². The number of rotatable bonds is 4. The molecule has 3 rings (SSSR count). The van der Waals surface area contributed by atoms with Crippen molar-refractivity contribution in [3.8, 4) is 0 Å². The average molecular weight is 296 g/mol. The van der Waals surface area contributed by atoms with Crippen LogP contribution in [0.25, 0.3) is 0 Å². The number of nitrogens with zero attached hydrogens (tertiary/aromatic N) is 3. The SMILES string of the molecule is NCc1ccc(S(=O)(=O)N2CCN(C3CC3)CC2)cn1. The van der Waals surface area contributed by atoms with E-state index in [2.05, 4.69) is 9.88 Å². The maximum Gasteiger partial charge on any atom is 0.244 e. The molecule has 2 N–H and O–H groups in total. The molecule has 0 spiro atoms. The van der Waals surface area contributed by atoms with Crippen LogP contribution in [0.5, 0.6) is 0 Å².